The van der Waals surface area contributed by atoms with Crippen molar-refractivity contribution >= 4 is 23.3 Å². The Morgan fingerprint density at radius 2 is 2.23 bits per heavy atom. The fraction of sp³-hybridized carbons (Fsp3) is 0.429. The van der Waals surface area contributed by atoms with E-state index < -0.39 is 5.60 Å². The predicted molar refractivity (Wildman–Crippen MR) is 108 cm³/mol. The number of hydrogen-bond donors (Lipinski definition) is 0. The number of pyridine rings is 1. The van der Waals surface area contributed by atoms with Crippen molar-refractivity contribution in [3.8, 4) is 5.75 Å². The maximum Gasteiger partial charge on any atom is 0.410 e. The Labute approximate surface area is 174 Å². The summed E-state index contributed by atoms with van der Waals surface area (Å²) in [6.45, 7) is 7.25. The Bertz CT molecular complexity index is 968. The summed E-state index contributed by atoms with van der Waals surface area (Å²) in [7, 11) is 0. The summed E-state index contributed by atoms with van der Waals surface area (Å²) in [5.74, 6) is 0.647. The molecule has 9 heteroatoms. The van der Waals surface area contributed by atoms with Crippen LogP contribution in [0, 0.1) is 12.1 Å². The number of hydrogen-bond acceptors (Lipinski definition) is 8. The average Bonchev–Trinajstić information content (AvgIpc) is 3.15. The molecule has 1 saturated heterocycles. The molecule has 0 radical (unpaired) electrons. The van der Waals surface area contributed by atoms with E-state index in [1.165, 1.54) is 6.20 Å². The lowest BCUT2D eigenvalue weighted by atomic mass is 10.2. The number of carbonyl (C=O) groups is 1. The lowest BCUT2D eigenvalue weighted by molar-refractivity contribution is 0.0198. The number of piperazine rings is 1. The zero-order valence-corrected chi connectivity index (χ0v) is 17.2. The van der Waals surface area contributed by atoms with E-state index in [9.17, 15) is 4.79 Å². The van der Waals surface area contributed by atoms with Crippen molar-refractivity contribution in [2.24, 2.45) is 0 Å². The Balaban J connectivity index is 1.54. The molecule has 0 aliphatic carbocycles. The number of oxazole rings is 1. The van der Waals surface area contributed by atoms with Gasteiger partial charge in [-0.3, -0.25) is 4.98 Å². The molecule has 3 aromatic heterocycles. The zero-order valence-electron chi connectivity index (χ0n) is 17.2. The van der Waals surface area contributed by atoms with E-state index in [2.05, 4.69) is 27.1 Å². The number of ether oxygens (including phenoxy) is 2. The molecule has 156 valence electrons. The topological polar surface area (TPSA) is 93.8 Å². The van der Waals surface area contributed by atoms with Gasteiger partial charge in [0.1, 0.15) is 18.0 Å². The molecule has 0 bridgehead atoms. The number of anilines is 1. The number of carbonyl (C=O) groups excluding carboxylic acids is 1. The van der Waals surface area contributed by atoms with E-state index in [0.717, 1.165) is 0 Å². The number of nitrogens with zero attached hydrogens (tertiary/aromatic N) is 5. The Morgan fingerprint density at radius 3 is 2.97 bits per heavy atom. The number of aromatic nitrogens is 3. The van der Waals surface area contributed by atoms with Crippen LogP contribution in [0.4, 0.5) is 10.8 Å². The minimum absolute atomic E-state index is 0.205. The van der Waals surface area contributed by atoms with Gasteiger partial charge in [-0.15, -0.1) is 0 Å². The second kappa shape index (κ2) is 8.06. The molecule has 1 amide bonds. The van der Waals surface area contributed by atoms with Gasteiger partial charge in [-0.1, -0.05) is 0 Å². The van der Waals surface area contributed by atoms with Gasteiger partial charge < -0.3 is 23.7 Å². The molecule has 1 unspecified atom stereocenters. The van der Waals surface area contributed by atoms with Gasteiger partial charge in [0.05, 0.1) is 18.4 Å². The smallest absolute Gasteiger partial charge is 0.410 e. The van der Waals surface area contributed by atoms with Crippen molar-refractivity contribution in [2.75, 3.05) is 31.1 Å². The zero-order chi connectivity index (χ0) is 21.1. The van der Waals surface area contributed by atoms with Crippen LogP contribution in [0.5, 0.6) is 5.75 Å². The highest BCUT2D eigenvalue weighted by molar-refractivity contribution is 5.69. The van der Waals surface area contributed by atoms with E-state index >= 15 is 0 Å². The molecular formula is C21H23N5O4. The lowest BCUT2D eigenvalue weighted by Crippen LogP contribution is -2.57. The second-order valence-corrected chi connectivity index (χ2v) is 7.95. The van der Waals surface area contributed by atoms with Crippen LogP contribution >= 0.6 is 0 Å². The van der Waals surface area contributed by atoms with E-state index in [4.69, 9.17) is 13.9 Å². The third-order valence-corrected chi connectivity index (χ3v) is 4.49. The number of fused-ring (bicyclic) bond motifs is 1. The molecule has 0 spiro atoms. The highest BCUT2D eigenvalue weighted by Crippen LogP contribution is 2.24. The number of amides is 1. The van der Waals surface area contributed by atoms with Crippen LogP contribution in [0.25, 0.3) is 11.2 Å². The first-order chi connectivity index (χ1) is 14.4. The van der Waals surface area contributed by atoms with Crippen LogP contribution in [0.1, 0.15) is 20.8 Å². The van der Waals surface area contributed by atoms with Crippen molar-refractivity contribution in [2.45, 2.75) is 32.4 Å². The highest BCUT2D eigenvalue weighted by Gasteiger charge is 2.34. The van der Waals surface area contributed by atoms with E-state index in [-0.39, 0.29) is 12.1 Å². The third kappa shape index (κ3) is 4.54. The van der Waals surface area contributed by atoms with Gasteiger partial charge in [-0.2, -0.15) is 4.98 Å². The van der Waals surface area contributed by atoms with Crippen molar-refractivity contribution in [1.82, 2.24) is 19.9 Å². The average molecular weight is 409 g/mol. The van der Waals surface area contributed by atoms with Crippen LogP contribution in [-0.4, -0.2) is 63.8 Å². The molecule has 4 heterocycles. The van der Waals surface area contributed by atoms with Gasteiger partial charge in [-0.05, 0) is 45.0 Å². The first-order valence-corrected chi connectivity index (χ1v) is 9.71. The fourth-order valence-corrected chi connectivity index (χ4v) is 3.15. The van der Waals surface area contributed by atoms with Gasteiger partial charge in [0.15, 0.2) is 0 Å². The lowest BCUT2D eigenvalue weighted by Gasteiger charge is -2.40. The van der Waals surface area contributed by atoms with Crippen molar-refractivity contribution in [3.63, 3.8) is 0 Å². The molecule has 3 aromatic rings. The van der Waals surface area contributed by atoms with Gasteiger partial charge >= 0.3 is 12.1 Å². The van der Waals surface area contributed by atoms with Crippen LogP contribution in [-0.2, 0) is 4.74 Å². The van der Waals surface area contributed by atoms with E-state index in [0.29, 0.717) is 49.2 Å². The van der Waals surface area contributed by atoms with Gasteiger partial charge in [0.2, 0.25) is 11.2 Å². The van der Waals surface area contributed by atoms with E-state index in [1.807, 2.05) is 31.7 Å². The minimum atomic E-state index is -0.561. The Morgan fingerprint density at radius 1 is 1.37 bits per heavy atom. The quantitative estimate of drug-likeness (QED) is 0.649. The van der Waals surface area contributed by atoms with Gasteiger partial charge in [-0.25, -0.2) is 9.78 Å². The fourth-order valence-electron chi connectivity index (χ4n) is 3.15. The van der Waals surface area contributed by atoms with Crippen LogP contribution in [0.2, 0.25) is 0 Å². The summed E-state index contributed by atoms with van der Waals surface area (Å²) in [6.07, 6.45) is 4.48. The molecule has 30 heavy (non-hydrogen) atoms. The van der Waals surface area contributed by atoms with Crippen LogP contribution < -0.4 is 9.64 Å². The second-order valence-electron chi connectivity index (χ2n) is 7.95. The molecular weight excluding hydrogens is 386 g/mol. The van der Waals surface area contributed by atoms with Crippen molar-refractivity contribution in [1.29, 1.82) is 0 Å². The standard InChI is InChI=1S/C21H23N5O4/c1-21(2,3)30-20(27)25-10-11-26(19-24-18-17(29-19)7-5-9-23-18)15(13-25)14-28-16-6-4-8-22-12-16/h4,6,8-9,12,15H,10-11,13-14H2,1-3H3. The predicted octanol–water partition coefficient (Wildman–Crippen LogP) is 2.72. The monoisotopic (exact) mass is 409 g/mol. The summed E-state index contributed by atoms with van der Waals surface area (Å²) >= 11 is 0. The molecule has 0 aromatic carbocycles. The molecule has 1 aliphatic heterocycles. The first kappa shape index (κ1) is 19.8. The first-order valence-electron chi connectivity index (χ1n) is 9.71. The van der Waals surface area contributed by atoms with Gasteiger partial charge in [0, 0.05) is 25.8 Å². The minimum Gasteiger partial charge on any atom is -0.490 e. The molecule has 4 rings (SSSR count). The molecule has 0 saturated carbocycles. The summed E-state index contributed by atoms with van der Waals surface area (Å²) in [4.78, 5) is 28.9. The maximum absolute atomic E-state index is 12.6. The maximum atomic E-state index is 12.6. The molecule has 9 nitrogen and oxygen atoms in total. The van der Waals surface area contributed by atoms with Crippen molar-refractivity contribution in [3.05, 3.63) is 42.9 Å². The van der Waals surface area contributed by atoms with Gasteiger partial charge in [0.25, 0.3) is 0 Å². The Kier molecular flexibility index (Phi) is 5.31. The van der Waals surface area contributed by atoms with Crippen molar-refractivity contribution < 1.29 is 18.7 Å². The number of rotatable bonds is 4. The summed E-state index contributed by atoms with van der Waals surface area (Å²) in [5.41, 5.74) is 0.341. The highest BCUT2D eigenvalue weighted by atomic mass is 16.6. The molecule has 1 atom stereocenters. The summed E-state index contributed by atoms with van der Waals surface area (Å²) < 4.78 is 17.3. The van der Waals surface area contributed by atoms with Crippen LogP contribution in [0.15, 0.2) is 35.1 Å². The largest absolute Gasteiger partial charge is 0.490 e. The molecule has 1 aliphatic rings. The molecule has 0 N–H and O–H groups in total. The molecule has 1 fully saturated rings. The normalized spacial score (nSPS) is 17.0. The van der Waals surface area contributed by atoms with E-state index in [1.54, 1.807) is 23.4 Å². The van der Waals surface area contributed by atoms with Crippen LogP contribution in [0.3, 0.4) is 0 Å². The SMILES string of the molecule is CC(C)(C)OC(=O)N1CCN(c2nc3ncc#cc3o2)C(COc2cccnc2)C1. The Hall–Kier alpha value is -3.54. The third-order valence-electron chi connectivity index (χ3n) is 4.49. The summed E-state index contributed by atoms with van der Waals surface area (Å²) in [5, 5.41) is 0. The summed E-state index contributed by atoms with van der Waals surface area (Å²) in [6, 6.07) is 9.48.